The average Bonchev–Trinajstić information content (AvgIpc) is 2.69. The van der Waals surface area contributed by atoms with Crippen molar-refractivity contribution in [2.45, 2.75) is 18.8 Å². The van der Waals surface area contributed by atoms with E-state index in [-0.39, 0.29) is 5.91 Å². The fourth-order valence-electron chi connectivity index (χ4n) is 3.67. The summed E-state index contributed by atoms with van der Waals surface area (Å²) in [7, 11) is 2.17. The molecule has 0 unspecified atom stereocenters. The van der Waals surface area contributed by atoms with Crippen LogP contribution in [0.1, 0.15) is 34.7 Å². The molecule has 0 atom stereocenters. The van der Waals surface area contributed by atoms with Crippen LogP contribution in [0.5, 0.6) is 0 Å². The van der Waals surface area contributed by atoms with Crippen LogP contribution in [0.2, 0.25) is 0 Å². The van der Waals surface area contributed by atoms with Gasteiger partial charge in [-0.1, -0.05) is 24.3 Å². The summed E-state index contributed by atoms with van der Waals surface area (Å²) in [5.41, 5.74) is 2.81. The minimum Gasteiger partial charge on any atom is -0.321 e. The van der Waals surface area contributed by atoms with Crippen LogP contribution in [0.4, 0.5) is 5.69 Å². The predicted octanol–water partition coefficient (Wildman–Crippen LogP) is 4.30. The summed E-state index contributed by atoms with van der Waals surface area (Å²) in [5.74, 6) is 0.517. The van der Waals surface area contributed by atoms with E-state index in [2.05, 4.69) is 34.4 Å². The van der Waals surface area contributed by atoms with Gasteiger partial charge in [0.2, 0.25) is 0 Å². The molecule has 3 aromatic rings. The van der Waals surface area contributed by atoms with Crippen molar-refractivity contribution in [1.82, 2.24) is 9.88 Å². The number of nitrogens with zero attached hydrogens (tertiary/aromatic N) is 2. The highest BCUT2D eigenvalue weighted by Crippen LogP contribution is 2.28. The molecular weight excluding hydrogens is 322 g/mol. The molecule has 2 heterocycles. The van der Waals surface area contributed by atoms with Crippen molar-refractivity contribution < 1.29 is 4.79 Å². The molecule has 0 saturated carbocycles. The van der Waals surface area contributed by atoms with Gasteiger partial charge in [-0.15, -0.1) is 0 Å². The van der Waals surface area contributed by atoms with Crippen molar-refractivity contribution in [3.63, 3.8) is 0 Å². The zero-order chi connectivity index (χ0) is 17.9. The molecule has 4 nitrogen and oxygen atoms in total. The molecular formula is C22H23N3O. The maximum Gasteiger partial charge on any atom is 0.255 e. The molecule has 1 amide bonds. The van der Waals surface area contributed by atoms with Crippen molar-refractivity contribution in [2.75, 3.05) is 25.5 Å². The van der Waals surface area contributed by atoms with E-state index in [4.69, 9.17) is 0 Å². The molecule has 1 aromatic heterocycles. The number of carbonyl (C=O) groups is 1. The number of carbonyl (C=O) groups excluding carboxylic acids is 1. The Kier molecular flexibility index (Phi) is 4.67. The number of amides is 1. The average molecular weight is 345 g/mol. The Hall–Kier alpha value is -2.72. The van der Waals surface area contributed by atoms with Gasteiger partial charge < -0.3 is 10.2 Å². The van der Waals surface area contributed by atoms with Crippen LogP contribution in [0.15, 0.2) is 60.9 Å². The van der Waals surface area contributed by atoms with Crippen molar-refractivity contribution in [3.05, 3.63) is 72.1 Å². The third-order valence-corrected chi connectivity index (χ3v) is 5.29. The molecule has 0 bridgehead atoms. The van der Waals surface area contributed by atoms with Gasteiger partial charge in [-0.05, 0) is 74.1 Å². The number of benzene rings is 2. The number of hydrogen-bond donors (Lipinski definition) is 1. The van der Waals surface area contributed by atoms with E-state index >= 15 is 0 Å². The minimum atomic E-state index is -0.0868. The summed E-state index contributed by atoms with van der Waals surface area (Å²) >= 11 is 0. The second-order valence-electron chi connectivity index (χ2n) is 7.06. The van der Waals surface area contributed by atoms with E-state index in [1.165, 1.54) is 18.4 Å². The Morgan fingerprint density at radius 3 is 2.62 bits per heavy atom. The third-order valence-electron chi connectivity index (χ3n) is 5.29. The highest BCUT2D eigenvalue weighted by Gasteiger charge is 2.18. The van der Waals surface area contributed by atoms with Gasteiger partial charge in [-0.2, -0.15) is 0 Å². The number of pyridine rings is 1. The Morgan fingerprint density at radius 1 is 1.08 bits per heavy atom. The number of hydrogen-bond acceptors (Lipinski definition) is 3. The molecule has 1 saturated heterocycles. The van der Waals surface area contributed by atoms with Gasteiger partial charge in [0.25, 0.3) is 5.91 Å². The number of fused-ring (bicyclic) bond motifs is 1. The highest BCUT2D eigenvalue weighted by atomic mass is 16.1. The van der Waals surface area contributed by atoms with E-state index < -0.39 is 0 Å². The smallest absolute Gasteiger partial charge is 0.255 e. The Morgan fingerprint density at radius 2 is 1.85 bits per heavy atom. The van der Waals surface area contributed by atoms with Gasteiger partial charge in [-0.3, -0.25) is 9.78 Å². The molecule has 4 rings (SSSR count). The Balaban J connectivity index is 1.50. The maximum atomic E-state index is 12.7. The summed E-state index contributed by atoms with van der Waals surface area (Å²) in [5, 5.41) is 5.04. The fraction of sp³-hybridized carbons (Fsp3) is 0.273. The zero-order valence-electron chi connectivity index (χ0n) is 15.0. The normalized spacial score (nSPS) is 15.9. The lowest BCUT2D eigenvalue weighted by molar-refractivity contribution is 0.102. The molecule has 0 spiro atoms. The number of nitrogens with one attached hydrogen (secondary N) is 1. The number of rotatable bonds is 3. The summed E-state index contributed by atoms with van der Waals surface area (Å²) in [4.78, 5) is 19.2. The number of piperidine rings is 1. The number of aromatic nitrogens is 1. The summed E-state index contributed by atoms with van der Waals surface area (Å²) in [6.07, 6.45) is 5.92. The first-order valence-corrected chi connectivity index (χ1v) is 9.13. The van der Waals surface area contributed by atoms with Crippen LogP contribution in [0, 0.1) is 0 Å². The minimum absolute atomic E-state index is 0.0868. The van der Waals surface area contributed by atoms with E-state index in [1.54, 1.807) is 12.4 Å². The lowest BCUT2D eigenvalue weighted by Gasteiger charge is -2.29. The second-order valence-corrected chi connectivity index (χ2v) is 7.06. The van der Waals surface area contributed by atoms with Crippen molar-refractivity contribution in [3.8, 4) is 0 Å². The summed E-state index contributed by atoms with van der Waals surface area (Å²) < 4.78 is 0. The molecule has 1 N–H and O–H groups in total. The van der Waals surface area contributed by atoms with Gasteiger partial charge in [0.1, 0.15) is 0 Å². The van der Waals surface area contributed by atoms with Crippen molar-refractivity contribution in [2.24, 2.45) is 0 Å². The van der Waals surface area contributed by atoms with Gasteiger partial charge in [-0.25, -0.2) is 0 Å². The first kappa shape index (κ1) is 16.7. The van der Waals surface area contributed by atoms with Crippen molar-refractivity contribution >= 4 is 22.4 Å². The molecule has 2 aromatic carbocycles. The molecule has 1 aliphatic rings. The lowest BCUT2D eigenvalue weighted by atomic mass is 9.89. The molecule has 132 valence electrons. The second kappa shape index (κ2) is 7.26. The van der Waals surface area contributed by atoms with Crippen LogP contribution >= 0.6 is 0 Å². The predicted molar refractivity (Wildman–Crippen MR) is 106 cm³/mol. The van der Waals surface area contributed by atoms with Gasteiger partial charge in [0.05, 0.1) is 5.69 Å². The molecule has 0 aliphatic carbocycles. The number of likely N-dealkylation sites (tertiary alicyclic amines) is 1. The van der Waals surface area contributed by atoms with E-state index in [1.807, 2.05) is 36.4 Å². The summed E-state index contributed by atoms with van der Waals surface area (Å²) in [6.45, 7) is 2.28. The van der Waals surface area contributed by atoms with Crippen LogP contribution in [-0.2, 0) is 0 Å². The van der Waals surface area contributed by atoms with Crippen LogP contribution in [0.3, 0.4) is 0 Å². The Labute approximate surface area is 153 Å². The van der Waals surface area contributed by atoms with E-state index in [0.29, 0.717) is 11.5 Å². The molecule has 0 radical (unpaired) electrons. The highest BCUT2D eigenvalue weighted by molar-refractivity contribution is 6.08. The number of anilines is 1. The molecule has 4 heteroatoms. The van der Waals surface area contributed by atoms with Crippen molar-refractivity contribution in [1.29, 1.82) is 0 Å². The van der Waals surface area contributed by atoms with E-state index in [0.717, 1.165) is 29.5 Å². The molecule has 26 heavy (non-hydrogen) atoms. The quantitative estimate of drug-likeness (QED) is 0.770. The summed E-state index contributed by atoms with van der Waals surface area (Å²) in [6, 6.07) is 15.9. The first-order valence-electron chi connectivity index (χ1n) is 9.13. The molecule has 1 fully saturated rings. The SMILES string of the molecule is CN1CCC(c2ccc(C(=O)Nc3cccc4ccncc34)cc2)CC1. The monoisotopic (exact) mass is 345 g/mol. The van der Waals surface area contributed by atoms with Crippen LogP contribution in [0.25, 0.3) is 10.8 Å². The standard InChI is InChI=1S/C22H23N3O/c1-25-13-10-17(11-14-25)16-5-7-19(8-6-16)22(26)24-21-4-2-3-18-9-12-23-15-20(18)21/h2-9,12,15,17H,10-11,13-14H2,1H3,(H,24,26). The van der Waals surface area contributed by atoms with E-state index in [9.17, 15) is 4.79 Å². The van der Waals surface area contributed by atoms with Gasteiger partial charge in [0, 0.05) is 23.3 Å². The first-order chi connectivity index (χ1) is 12.7. The maximum absolute atomic E-state index is 12.7. The third kappa shape index (κ3) is 3.46. The lowest BCUT2D eigenvalue weighted by Crippen LogP contribution is -2.29. The topological polar surface area (TPSA) is 45.2 Å². The van der Waals surface area contributed by atoms with Gasteiger partial charge in [0.15, 0.2) is 0 Å². The Bertz CT molecular complexity index is 907. The zero-order valence-corrected chi connectivity index (χ0v) is 15.0. The van der Waals surface area contributed by atoms with Gasteiger partial charge >= 0.3 is 0 Å². The van der Waals surface area contributed by atoms with Crippen LogP contribution < -0.4 is 5.32 Å². The largest absolute Gasteiger partial charge is 0.321 e. The fourth-order valence-corrected chi connectivity index (χ4v) is 3.67. The van der Waals surface area contributed by atoms with Crippen LogP contribution in [-0.4, -0.2) is 35.9 Å². The molecule has 1 aliphatic heterocycles.